The molecule has 6 nitrogen and oxygen atoms in total. The molecule has 1 rings (SSSR count). The summed E-state index contributed by atoms with van der Waals surface area (Å²) in [7, 11) is -0.754. The SMILES string of the molecule is CS(=O)CCNCc1cn(CCCO)nn1. The van der Waals surface area contributed by atoms with Crippen molar-refractivity contribution in [1.29, 1.82) is 0 Å². The van der Waals surface area contributed by atoms with Crippen molar-refractivity contribution in [3.05, 3.63) is 11.9 Å². The van der Waals surface area contributed by atoms with Gasteiger partial charge in [0, 0.05) is 55.2 Å². The summed E-state index contributed by atoms with van der Waals surface area (Å²) >= 11 is 0. The molecule has 92 valence electrons. The van der Waals surface area contributed by atoms with E-state index in [1.54, 1.807) is 10.9 Å². The Morgan fingerprint density at radius 2 is 2.44 bits per heavy atom. The first-order valence-electron chi connectivity index (χ1n) is 5.23. The van der Waals surface area contributed by atoms with E-state index in [2.05, 4.69) is 15.6 Å². The summed E-state index contributed by atoms with van der Waals surface area (Å²) in [6.45, 7) is 2.20. The third-order valence-corrected chi connectivity index (χ3v) is 2.78. The largest absolute Gasteiger partial charge is 0.396 e. The molecule has 16 heavy (non-hydrogen) atoms. The number of aromatic nitrogens is 3. The van der Waals surface area contributed by atoms with Crippen LogP contribution in [0, 0.1) is 0 Å². The van der Waals surface area contributed by atoms with E-state index < -0.39 is 10.8 Å². The molecule has 1 heterocycles. The Kier molecular flexibility index (Phi) is 6.20. The van der Waals surface area contributed by atoms with Gasteiger partial charge in [-0.3, -0.25) is 8.89 Å². The van der Waals surface area contributed by atoms with E-state index in [0.717, 1.165) is 5.69 Å². The van der Waals surface area contributed by atoms with Gasteiger partial charge >= 0.3 is 0 Å². The molecule has 0 amide bonds. The summed E-state index contributed by atoms with van der Waals surface area (Å²) in [5.74, 6) is 0.651. The molecule has 0 aromatic carbocycles. The monoisotopic (exact) mass is 246 g/mol. The Balaban J connectivity index is 2.21. The van der Waals surface area contributed by atoms with E-state index in [-0.39, 0.29) is 6.61 Å². The molecule has 1 unspecified atom stereocenters. The molecule has 0 radical (unpaired) electrons. The second-order valence-electron chi connectivity index (χ2n) is 3.50. The molecule has 0 fully saturated rings. The zero-order valence-electron chi connectivity index (χ0n) is 9.43. The second kappa shape index (κ2) is 7.48. The maximum Gasteiger partial charge on any atom is 0.0964 e. The van der Waals surface area contributed by atoms with E-state index >= 15 is 0 Å². The van der Waals surface area contributed by atoms with Crippen LogP contribution in [0.5, 0.6) is 0 Å². The van der Waals surface area contributed by atoms with Gasteiger partial charge in [-0.2, -0.15) is 0 Å². The second-order valence-corrected chi connectivity index (χ2v) is 5.06. The van der Waals surface area contributed by atoms with Crippen LogP contribution in [0.2, 0.25) is 0 Å². The number of nitrogens with zero attached hydrogens (tertiary/aromatic N) is 3. The molecule has 0 saturated carbocycles. The van der Waals surface area contributed by atoms with E-state index in [4.69, 9.17) is 5.11 Å². The fourth-order valence-electron chi connectivity index (χ4n) is 1.19. The van der Waals surface area contributed by atoms with Crippen molar-refractivity contribution in [1.82, 2.24) is 20.3 Å². The lowest BCUT2D eigenvalue weighted by Crippen LogP contribution is -2.19. The first-order chi connectivity index (χ1) is 7.72. The normalized spacial score (nSPS) is 12.9. The smallest absolute Gasteiger partial charge is 0.0964 e. The van der Waals surface area contributed by atoms with Crippen LogP contribution >= 0.6 is 0 Å². The fraction of sp³-hybridized carbons (Fsp3) is 0.778. The molecule has 0 aliphatic carbocycles. The third-order valence-electron chi connectivity index (χ3n) is 2.00. The third kappa shape index (κ3) is 5.34. The van der Waals surface area contributed by atoms with Crippen molar-refractivity contribution in [2.45, 2.75) is 19.5 Å². The summed E-state index contributed by atoms with van der Waals surface area (Å²) in [6, 6.07) is 0. The summed E-state index contributed by atoms with van der Waals surface area (Å²) in [4.78, 5) is 0. The van der Waals surface area contributed by atoms with Crippen molar-refractivity contribution >= 4 is 10.8 Å². The first kappa shape index (κ1) is 13.3. The Hall–Kier alpha value is -0.790. The summed E-state index contributed by atoms with van der Waals surface area (Å²) in [5.41, 5.74) is 0.861. The minimum absolute atomic E-state index is 0.162. The summed E-state index contributed by atoms with van der Waals surface area (Å²) < 4.78 is 12.5. The lowest BCUT2D eigenvalue weighted by molar-refractivity contribution is 0.276. The lowest BCUT2D eigenvalue weighted by Gasteiger charge is -1.99. The average Bonchev–Trinajstić information content (AvgIpc) is 2.69. The molecule has 0 bridgehead atoms. The van der Waals surface area contributed by atoms with Crippen molar-refractivity contribution in [3.8, 4) is 0 Å². The maximum absolute atomic E-state index is 10.8. The molecule has 7 heteroatoms. The highest BCUT2D eigenvalue weighted by molar-refractivity contribution is 7.84. The molecular formula is C9H18N4O2S. The minimum Gasteiger partial charge on any atom is -0.396 e. The van der Waals surface area contributed by atoms with Crippen LogP contribution < -0.4 is 5.32 Å². The van der Waals surface area contributed by atoms with Crippen molar-refractivity contribution in [3.63, 3.8) is 0 Å². The van der Waals surface area contributed by atoms with Gasteiger partial charge in [-0.05, 0) is 6.42 Å². The van der Waals surface area contributed by atoms with Gasteiger partial charge in [-0.1, -0.05) is 5.21 Å². The van der Waals surface area contributed by atoms with E-state index in [1.807, 2.05) is 6.20 Å². The van der Waals surface area contributed by atoms with Gasteiger partial charge in [-0.25, -0.2) is 0 Å². The molecule has 1 aromatic rings. The Labute approximate surface area is 97.5 Å². The van der Waals surface area contributed by atoms with Gasteiger partial charge in [0.2, 0.25) is 0 Å². The van der Waals surface area contributed by atoms with Crippen LogP contribution in [0.15, 0.2) is 6.20 Å². The predicted octanol–water partition coefficient (Wildman–Crippen LogP) is -0.871. The highest BCUT2D eigenvalue weighted by Crippen LogP contribution is 1.93. The highest BCUT2D eigenvalue weighted by atomic mass is 32.2. The molecule has 0 spiro atoms. The summed E-state index contributed by atoms with van der Waals surface area (Å²) in [5, 5.41) is 19.7. The van der Waals surface area contributed by atoms with Crippen molar-refractivity contribution in [2.75, 3.05) is 25.2 Å². The van der Waals surface area contributed by atoms with Crippen LogP contribution in [0.4, 0.5) is 0 Å². The fourth-order valence-corrected chi connectivity index (χ4v) is 1.63. The lowest BCUT2D eigenvalue weighted by atomic mass is 10.4. The van der Waals surface area contributed by atoms with Crippen LogP contribution in [0.25, 0.3) is 0 Å². The number of aliphatic hydroxyl groups excluding tert-OH is 1. The summed E-state index contributed by atoms with van der Waals surface area (Å²) in [6.07, 6.45) is 4.23. The number of hydrogen-bond acceptors (Lipinski definition) is 5. The van der Waals surface area contributed by atoms with Gasteiger partial charge in [0.15, 0.2) is 0 Å². The predicted molar refractivity (Wildman–Crippen MR) is 62.4 cm³/mol. The highest BCUT2D eigenvalue weighted by Gasteiger charge is 2.00. The van der Waals surface area contributed by atoms with Gasteiger partial charge in [0.25, 0.3) is 0 Å². The van der Waals surface area contributed by atoms with Crippen molar-refractivity contribution in [2.24, 2.45) is 0 Å². The van der Waals surface area contributed by atoms with E-state index in [1.165, 1.54) is 0 Å². The topological polar surface area (TPSA) is 80.0 Å². The van der Waals surface area contributed by atoms with Gasteiger partial charge in [0.05, 0.1) is 5.69 Å². The standard InChI is InChI=1S/C9H18N4O2S/c1-16(15)6-3-10-7-9-8-13(12-11-9)4-2-5-14/h8,10,14H,2-7H2,1H3. The minimum atomic E-state index is -0.754. The van der Waals surface area contributed by atoms with Crippen LogP contribution in [0.1, 0.15) is 12.1 Å². The zero-order chi connectivity index (χ0) is 11.8. The first-order valence-corrected chi connectivity index (χ1v) is 6.95. The molecule has 0 saturated heterocycles. The van der Waals surface area contributed by atoms with E-state index in [9.17, 15) is 4.21 Å². The van der Waals surface area contributed by atoms with E-state index in [0.29, 0.717) is 31.8 Å². The van der Waals surface area contributed by atoms with Crippen molar-refractivity contribution < 1.29 is 9.32 Å². The molecule has 2 N–H and O–H groups in total. The molecule has 0 aliphatic heterocycles. The zero-order valence-corrected chi connectivity index (χ0v) is 10.2. The number of aryl methyl sites for hydroxylation is 1. The number of hydrogen-bond donors (Lipinski definition) is 2. The average molecular weight is 246 g/mol. The Morgan fingerprint density at radius 3 is 3.12 bits per heavy atom. The molecule has 0 aliphatic rings. The van der Waals surface area contributed by atoms with Crippen LogP contribution in [0.3, 0.4) is 0 Å². The van der Waals surface area contributed by atoms with Gasteiger partial charge < -0.3 is 10.4 Å². The molecule has 1 atom stereocenters. The number of nitrogens with one attached hydrogen (secondary N) is 1. The molecular weight excluding hydrogens is 228 g/mol. The number of aliphatic hydroxyl groups is 1. The van der Waals surface area contributed by atoms with Crippen LogP contribution in [-0.2, 0) is 23.9 Å². The maximum atomic E-state index is 10.8. The number of rotatable bonds is 8. The van der Waals surface area contributed by atoms with Gasteiger partial charge in [0.1, 0.15) is 0 Å². The Bertz CT molecular complexity index is 329. The van der Waals surface area contributed by atoms with Gasteiger partial charge in [-0.15, -0.1) is 5.10 Å². The Morgan fingerprint density at radius 1 is 1.62 bits per heavy atom. The quantitative estimate of drug-likeness (QED) is 0.583. The van der Waals surface area contributed by atoms with Crippen LogP contribution in [-0.4, -0.2) is 49.5 Å². The molecule has 1 aromatic heterocycles.